The highest BCUT2D eigenvalue weighted by molar-refractivity contribution is 7.86. The third-order valence-corrected chi connectivity index (χ3v) is 13.3. The average molecular weight is 1110 g/mol. The minimum Gasteiger partial charge on any atom is -0.395 e. The minimum absolute atomic E-state index is 0.00271. The smallest absolute Gasteiger partial charge is 0.295 e. The van der Waals surface area contributed by atoms with E-state index in [9.17, 15) is 51.7 Å². The number of carbonyl (C=O) groups is 2. The van der Waals surface area contributed by atoms with E-state index in [0.717, 1.165) is 6.07 Å². The van der Waals surface area contributed by atoms with E-state index >= 15 is 0 Å². The monoisotopic (exact) mass is 1110 g/mol. The van der Waals surface area contributed by atoms with Crippen molar-refractivity contribution in [1.82, 2.24) is 29.9 Å². The molecule has 1 atom stereocenters. The van der Waals surface area contributed by atoms with Gasteiger partial charge < -0.3 is 56.0 Å². The fourth-order valence-corrected chi connectivity index (χ4v) is 9.11. The predicted octanol–water partition coefficient (Wildman–Crippen LogP) is 6.07. The van der Waals surface area contributed by atoms with Gasteiger partial charge >= 0.3 is 0 Å². The van der Waals surface area contributed by atoms with Crippen LogP contribution in [0.1, 0.15) is 43.0 Å². The van der Waals surface area contributed by atoms with Gasteiger partial charge in [-0.25, -0.2) is 4.21 Å². The SMILES string of the molecule is O=C(c1ccccc1)c1ccc(Nc2nc(Nc3ccc(/C=C/c4ccc(Nc5nc(Nc6ccc(C(=O)c7ccccc7)cc6)nc(N(CCO)CCO)n5)cc4S(=O)(=O)O)c(S(=O)O)c3)nc(N(CCO)CCO)n2)cc1. The van der Waals surface area contributed by atoms with Crippen LogP contribution in [0.4, 0.5) is 58.4 Å². The topological polar surface area (TPSA) is 339 Å². The largest absolute Gasteiger partial charge is 0.395 e. The summed E-state index contributed by atoms with van der Waals surface area (Å²) < 4.78 is 59.6. The summed E-state index contributed by atoms with van der Waals surface area (Å²) in [5.74, 6) is -0.336. The molecular formula is C54H52N12O11S2. The molecule has 8 rings (SSSR count). The summed E-state index contributed by atoms with van der Waals surface area (Å²) in [6.07, 6.45) is 2.71. The summed E-state index contributed by atoms with van der Waals surface area (Å²) in [6.45, 7) is -1.02. The van der Waals surface area contributed by atoms with Gasteiger partial charge in [-0.1, -0.05) is 84.9 Å². The lowest BCUT2D eigenvalue weighted by Crippen LogP contribution is -2.31. The Bertz CT molecular complexity index is 3580. The van der Waals surface area contributed by atoms with Crippen LogP contribution in [-0.4, -0.2) is 136 Å². The molecule has 0 saturated heterocycles. The zero-order chi connectivity index (χ0) is 55.9. The van der Waals surface area contributed by atoms with E-state index in [0.29, 0.717) is 33.6 Å². The quantitative estimate of drug-likeness (QED) is 0.0127. The first kappa shape index (κ1) is 56.3. The number of benzene rings is 6. The first-order valence-electron chi connectivity index (χ1n) is 24.2. The Hall–Kier alpha value is -8.92. The Morgan fingerprint density at radius 3 is 1.19 bits per heavy atom. The summed E-state index contributed by atoms with van der Waals surface area (Å²) in [4.78, 5) is 55.2. The van der Waals surface area contributed by atoms with Crippen molar-refractivity contribution in [1.29, 1.82) is 0 Å². The molecule has 1 unspecified atom stereocenters. The van der Waals surface area contributed by atoms with Gasteiger partial charge in [-0.15, -0.1) is 0 Å². The van der Waals surface area contributed by atoms with Crippen molar-refractivity contribution in [3.8, 4) is 0 Å². The van der Waals surface area contributed by atoms with Crippen LogP contribution >= 0.6 is 0 Å². The molecule has 0 fully saturated rings. The number of aliphatic hydroxyl groups is 4. The number of hydrogen-bond donors (Lipinski definition) is 10. The normalized spacial score (nSPS) is 11.7. The maximum atomic E-state index is 13.0. The van der Waals surface area contributed by atoms with Gasteiger partial charge in [-0.2, -0.15) is 38.3 Å². The van der Waals surface area contributed by atoms with E-state index in [-0.39, 0.29) is 127 Å². The molecule has 0 aliphatic heterocycles. The Balaban J connectivity index is 1.04. The molecule has 2 aromatic heterocycles. The van der Waals surface area contributed by atoms with Crippen LogP contribution in [0.15, 0.2) is 155 Å². The molecule has 2 heterocycles. The van der Waals surface area contributed by atoms with E-state index in [1.807, 2.05) is 12.1 Å². The van der Waals surface area contributed by atoms with Crippen LogP contribution in [0.25, 0.3) is 12.2 Å². The molecule has 79 heavy (non-hydrogen) atoms. The molecule has 10 N–H and O–H groups in total. The van der Waals surface area contributed by atoms with Crippen LogP contribution in [0.5, 0.6) is 0 Å². The Labute approximate surface area is 455 Å². The van der Waals surface area contributed by atoms with E-state index in [1.54, 1.807) is 103 Å². The zero-order valence-corrected chi connectivity index (χ0v) is 43.4. The number of nitrogens with one attached hydrogen (secondary N) is 4. The van der Waals surface area contributed by atoms with E-state index in [2.05, 4.69) is 51.2 Å². The summed E-state index contributed by atoms with van der Waals surface area (Å²) >= 11 is -2.61. The number of aliphatic hydroxyl groups excluding tert-OH is 4. The van der Waals surface area contributed by atoms with Crippen molar-refractivity contribution >= 4 is 103 Å². The number of nitrogens with zero attached hydrogens (tertiary/aromatic N) is 8. The van der Waals surface area contributed by atoms with Gasteiger partial charge in [0.15, 0.2) is 22.6 Å². The zero-order valence-electron chi connectivity index (χ0n) is 41.8. The van der Waals surface area contributed by atoms with Crippen molar-refractivity contribution in [2.75, 3.05) is 83.7 Å². The average Bonchev–Trinajstić information content (AvgIpc) is 3.51. The van der Waals surface area contributed by atoms with Crippen molar-refractivity contribution in [2.45, 2.75) is 9.79 Å². The van der Waals surface area contributed by atoms with Crippen LogP contribution in [0.2, 0.25) is 0 Å². The summed E-state index contributed by atoms with van der Waals surface area (Å²) in [5.41, 5.74) is 3.46. The molecule has 0 spiro atoms. The van der Waals surface area contributed by atoms with Crippen molar-refractivity contribution in [2.24, 2.45) is 0 Å². The molecule has 0 aliphatic rings. The van der Waals surface area contributed by atoms with E-state index in [1.165, 1.54) is 46.2 Å². The Morgan fingerprint density at radius 2 is 0.810 bits per heavy atom. The number of aromatic nitrogens is 6. The molecule has 25 heteroatoms. The maximum Gasteiger partial charge on any atom is 0.295 e. The molecule has 0 aliphatic carbocycles. The highest BCUT2D eigenvalue weighted by atomic mass is 32.2. The number of anilines is 10. The Morgan fingerprint density at radius 1 is 0.468 bits per heavy atom. The van der Waals surface area contributed by atoms with Gasteiger partial charge in [0.2, 0.25) is 35.7 Å². The molecule has 0 saturated carbocycles. The Kier molecular flexibility index (Phi) is 18.8. The third-order valence-electron chi connectivity index (χ3n) is 11.6. The number of hydrogen-bond acceptors (Lipinski definition) is 21. The lowest BCUT2D eigenvalue weighted by Gasteiger charge is -2.21. The molecule has 8 aromatic rings. The van der Waals surface area contributed by atoms with Crippen LogP contribution in [0, 0.1) is 0 Å². The molecular weight excluding hydrogens is 1060 g/mol. The molecule has 0 radical (unpaired) electrons. The minimum atomic E-state index is -4.92. The number of ketones is 2. The van der Waals surface area contributed by atoms with Crippen molar-refractivity contribution < 1.29 is 51.7 Å². The van der Waals surface area contributed by atoms with Crippen LogP contribution in [0.3, 0.4) is 0 Å². The van der Waals surface area contributed by atoms with Gasteiger partial charge in [0.1, 0.15) is 4.90 Å². The summed E-state index contributed by atoms with van der Waals surface area (Å²) in [7, 11) is -4.92. The second-order valence-corrected chi connectivity index (χ2v) is 19.4. The second-order valence-electron chi connectivity index (χ2n) is 17.0. The maximum absolute atomic E-state index is 13.0. The van der Waals surface area contributed by atoms with Crippen LogP contribution in [-0.2, 0) is 21.2 Å². The van der Waals surface area contributed by atoms with E-state index < -0.39 is 26.1 Å². The second kappa shape index (κ2) is 26.4. The molecule has 406 valence electrons. The number of rotatable bonds is 26. The summed E-state index contributed by atoms with van der Waals surface area (Å²) in [6, 6.07) is 39.1. The molecule has 23 nitrogen and oxygen atoms in total. The molecule has 0 amide bonds. The van der Waals surface area contributed by atoms with Gasteiger partial charge in [-0.05, 0) is 83.9 Å². The van der Waals surface area contributed by atoms with Gasteiger partial charge in [0.05, 0.1) is 31.3 Å². The lowest BCUT2D eigenvalue weighted by molar-refractivity contribution is 0.103. The van der Waals surface area contributed by atoms with Crippen LogP contribution < -0.4 is 31.1 Å². The highest BCUT2D eigenvalue weighted by Gasteiger charge is 2.20. The molecule has 0 bridgehead atoms. The molecule has 6 aromatic carbocycles. The predicted molar refractivity (Wildman–Crippen MR) is 299 cm³/mol. The number of carbonyl (C=O) groups excluding carboxylic acids is 2. The summed E-state index contributed by atoms with van der Waals surface area (Å²) in [5, 5.41) is 51.2. The fourth-order valence-electron chi connectivity index (χ4n) is 7.83. The first-order valence-corrected chi connectivity index (χ1v) is 26.7. The lowest BCUT2D eigenvalue weighted by atomic mass is 10.0. The highest BCUT2D eigenvalue weighted by Crippen LogP contribution is 2.29. The van der Waals surface area contributed by atoms with Gasteiger partial charge in [0.25, 0.3) is 10.1 Å². The van der Waals surface area contributed by atoms with E-state index in [4.69, 9.17) is 0 Å². The van der Waals surface area contributed by atoms with Crippen molar-refractivity contribution in [3.63, 3.8) is 0 Å². The standard InChI is InChI=1S/C54H52N12O11S2/c67-29-25-65(26-30-68)53-61-49(55-41-19-15-39(16-20-41)47(71)37-7-3-1-4-8-37)59-51(63-53)57-43-23-13-35(45(33-43)78(73)74)11-12-36-14-24-44(34-46(36)79(75,76)77)58-52-60-50(62-54(64-52)66(27-31-69)28-32-70)56-42-21-17-40(18-22-42)48(72)38-9-5-2-6-10-38/h1-24,33-34,67-70H,25-32H2,(H,73,74)(H,75,76,77)(H2,55,57,59,61,63)(H2,56,58,60,62,64)/b12-11+. The fraction of sp³-hybridized carbons (Fsp3) is 0.148. The first-order chi connectivity index (χ1) is 38.2. The van der Waals surface area contributed by atoms with Gasteiger partial charge in [-0.3, -0.25) is 14.1 Å². The van der Waals surface area contributed by atoms with Crippen molar-refractivity contribution in [3.05, 3.63) is 179 Å². The third kappa shape index (κ3) is 15.0. The van der Waals surface area contributed by atoms with Gasteiger partial charge in [0, 0.05) is 71.2 Å².